The van der Waals surface area contributed by atoms with Crippen molar-refractivity contribution in [2.24, 2.45) is 0 Å². The topological polar surface area (TPSA) is 81.3 Å². The maximum atomic E-state index is 13.7. The quantitative estimate of drug-likeness (QED) is 0.610. The van der Waals surface area contributed by atoms with Crippen molar-refractivity contribution in [2.45, 2.75) is 31.1 Å². The molecule has 2 N–H and O–H groups in total. The number of hydrogen-bond acceptors (Lipinski definition) is 5. The van der Waals surface area contributed by atoms with Gasteiger partial charge in [0.05, 0.1) is 19.4 Å². The molecule has 2 aromatic heterocycles. The Morgan fingerprint density at radius 1 is 1.32 bits per heavy atom. The van der Waals surface area contributed by atoms with Crippen molar-refractivity contribution < 1.29 is 27.1 Å². The molecule has 0 fully saturated rings. The molecule has 0 saturated heterocycles. The van der Waals surface area contributed by atoms with Gasteiger partial charge in [-0.2, -0.15) is 18.3 Å². The number of halogens is 3. The van der Waals surface area contributed by atoms with Crippen LogP contribution in [0.5, 0.6) is 5.75 Å². The monoisotopic (exact) mass is 434 g/mol. The maximum absolute atomic E-state index is 13.7. The van der Waals surface area contributed by atoms with Gasteiger partial charge in [-0.05, 0) is 30.2 Å². The number of nitrogens with zero attached hydrogens (tertiary/aromatic N) is 2. The molecule has 164 valence electrons. The first-order valence-corrected chi connectivity index (χ1v) is 9.73. The molecule has 4 rings (SSSR count). The number of carbonyl (C=O) groups excluding carboxylic acids is 1. The second kappa shape index (κ2) is 8.37. The van der Waals surface area contributed by atoms with Gasteiger partial charge in [0, 0.05) is 19.0 Å². The molecule has 1 aliphatic heterocycles. The molecule has 0 unspecified atom stereocenters. The first-order valence-electron chi connectivity index (χ1n) is 9.73. The number of methoxy groups -OCH3 is 1. The van der Waals surface area contributed by atoms with Gasteiger partial charge >= 0.3 is 6.18 Å². The number of ether oxygens (including phenoxy) is 1. The molecule has 2 atom stereocenters. The number of anilines is 1. The largest absolute Gasteiger partial charge is 0.496 e. The van der Waals surface area contributed by atoms with Gasteiger partial charge in [-0.1, -0.05) is 18.2 Å². The summed E-state index contributed by atoms with van der Waals surface area (Å²) in [5.41, 5.74) is 0.825. The van der Waals surface area contributed by atoms with E-state index in [9.17, 15) is 18.0 Å². The highest BCUT2D eigenvalue weighted by atomic mass is 19.4. The fourth-order valence-corrected chi connectivity index (χ4v) is 3.67. The minimum absolute atomic E-state index is 0.0862. The summed E-state index contributed by atoms with van der Waals surface area (Å²) in [5.74, 6) is 0.666. The van der Waals surface area contributed by atoms with Gasteiger partial charge in [0.1, 0.15) is 17.3 Å². The van der Waals surface area contributed by atoms with Gasteiger partial charge in [-0.3, -0.25) is 4.79 Å². The SMILES string of the molecule is COc1ccccc1CCNC(=O)c1cc2n(n1)[C@H](C(F)(F)F)C[C@H](c1ccco1)N2. The molecule has 1 aliphatic rings. The van der Waals surface area contributed by atoms with Crippen LogP contribution in [0.4, 0.5) is 19.0 Å². The van der Waals surface area contributed by atoms with E-state index in [1.54, 1.807) is 19.2 Å². The Morgan fingerprint density at radius 2 is 2.13 bits per heavy atom. The Hall–Kier alpha value is -3.43. The summed E-state index contributed by atoms with van der Waals surface area (Å²) in [5, 5.41) is 9.63. The lowest BCUT2D eigenvalue weighted by atomic mass is 10.0. The van der Waals surface area contributed by atoms with E-state index in [4.69, 9.17) is 9.15 Å². The first-order chi connectivity index (χ1) is 14.9. The van der Waals surface area contributed by atoms with E-state index in [0.717, 1.165) is 10.2 Å². The highest BCUT2D eigenvalue weighted by Crippen LogP contribution is 2.43. The number of nitrogens with one attached hydrogen (secondary N) is 2. The molecule has 0 aliphatic carbocycles. The molecule has 3 aromatic rings. The second-order valence-corrected chi connectivity index (χ2v) is 7.18. The Balaban J connectivity index is 1.49. The number of hydrogen-bond donors (Lipinski definition) is 2. The molecule has 3 heterocycles. The maximum Gasteiger partial charge on any atom is 0.410 e. The summed E-state index contributed by atoms with van der Waals surface area (Å²) in [7, 11) is 1.56. The fourth-order valence-electron chi connectivity index (χ4n) is 3.67. The van der Waals surface area contributed by atoms with Crippen molar-refractivity contribution in [1.29, 1.82) is 0 Å². The Kier molecular flexibility index (Phi) is 5.62. The third-order valence-electron chi connectivity index (χ3n) is 5.18. The molecule has 10 heteroatoms. The average Bonchev–Trinajstić information content (AvgIpc) is 3.42. The van der Waals surface area contributed by atoms with Crippen molar-refractivity contribution in [1.82, 2.24) is 15.1 Å². The average molecular weight is 434 g/mol. The molecule has 7 nitrogen and oxygen atoms in total. The predicted molar refractivity (Wildman–Crippen MR) is 106 cm³/mol. The zero-order valence-corrected chi connectivity index (χ0v) is 16.6. The third-order valence-corrected chi connectivity index (χ3v) is 5.18. The van der Waals surface area contributed by atoms with Gasteiger partial charge in [-0.15, -0.1) is 0 Å². The van der Waals surface area contributed by atoms with Crippen LogP contribution in [0.3, 0.4) is 0 Å². The molecule has 31 heavy (non-hydrogen) atoms. The van der Waals surface area contributed by atoms with Crippen LogP contribution in [0.1, 0.15) is 40.3 Å². The van der Waals surface area contributed by atoms with Crippen LogP contribution < -0.4 is 15.4 Å². The molecule has 1 aromatic carbocycles. The van der Waals surface area contributed by atoms with Gasteiger partial charge < -0.3 is 19.8 Å². The zero-order chi connectivity index (χ0) is 22.0. The van der Waals surface area contributed by atoms with Crippen LogP contribution in [-0.4, -0.2) is 35.5 Å². The highest BCUT2D eigenvalue weighted by Gasteiger charge is 2.47. The van der Waals surface area contributed by atoms with Gasteiger partial charge in [0.15, 0.2) is 11.7 Å². The first kappa shape index (κ1) is 20.8. The predicted octanol–water partition coefficient (Wildman–Crippen LogP) is 4.12. The number of rotatable bonds is 6. The Labute approximate surface area is 176 Å². The number of para-hydroxylation sites is 1. The molecular weight excluding hydrogens is 413 g/mol. The van der Waals surface area contributed by atoms with E-state index < -0.39 is 24.2 Å². The summed E-state index contributed by atoms with van der Waals surface area (Å²) in [6, 6.07) is 9.42. The number of aromatic nitrogens is 2. The van der Waals surface area contributed by atoms with Gasteiger partial charge in [0.25, 0.3) is 5.91 Å². The van der Waals surface area contributed by atoms with E-state index in [0.29, 0.717) is 17.9 Å². The van der Waals surface area contributed by atoms with E-state index in [2.05, 4.69) is 15.7 Å². The lowest BCUT2D eigenvalue weighted by Crippen LogP contribution is -2.35. The number of benzene rings is 1. The lowest BCUT2D eigenvalue weighted by molar-refractivity contribution is -0.174. The van der Waals surface area contributed by atoms with Crippen molar-refractivity contribution in [2.75, 3.05) is 19.0 Å². The van der Waals surface area contributed by atoms with Gasteiger partial charge in [-0.25, -0.2) is 4.68 Å². The molecule has 0 spiro atoms. The van der Waals surface area contributed by atoms with E-state index >= 15 is 0 Å². The van der Waals surface area contributed by atoms with Gasteiger partial charge in [0.2, 0.25) is 0 Å². The standard InChI is InChI=1S/C21H21F3N4O3/c1-30-16-6-3-2-5-13(16)8-9-25-20(29)15-12-19-26-14(17-7-4-10-31-17)11-18(21(22,23)24)28(19)27-15/h2-7,10,12,14,18,26H,8-9,11H2,1H3,(H,25,29)/t14-,18+/m1/s1. The minimum Gasteiger partial charge on any atom is -0.496 e. The smallest absolute Gasteiger partial charge is 0.410 e. The van der Waals surface area contributed by atoms with Crippen molar-refractivity contribution in [3.8, 4) is 5.75 Å². The van der Waals surface area contributed by atoms with Crippen LogP contribution in [0.25, 0.3) is 0 Å². The number of fused-ring (bicyclic) bond motifs is 1. The van der Waals surface area contributed by atoms with Crippen LogP contribution in [0, 0.1) is 0 Å². The molecule has 0 bridgehead atoms. The van der Waals surface area contributed by atoms with Crippen LogP contribution >= 0.6 is 0 Å². The van der Waals surface area contributed by atoms with E-state index in [1.807, 2.05) is 24.3 Å². The number of amides is 1. The highest BCUT2D eigenvalue weighted by molar-refractivity contribution is 5.93. The normalized spacial score (nSPS) is 18.2. The molecular formula is C21H21F3N4O3. The summed E-state index contributed by atoms with van der Waals surface area (Å²) >= 11 is 0. The number of furan rings is 1. The summed E-state index contributed by atoms with van der Waals surface area (Å²) < 4.78 is 52.4. The Bertz CT molecular complexity index is 1050. The summed E-state index contributed by atoms with van der Waals surface area (Å²) in [6.45, 7) is 0.284. The molecule has 0 radical (unpaired) electrons. The van der Waals surface area contributed by atoms with Crippen LogP contribution in [0.15, 0.2) is 53.1 Å². The van der Waals surface area contributed by atoms with Crippen molar-refractivity contribution in [3.05, 3.63) is 65.7 Å². The van der Waals surface area contributed by atoms with E-state index in [-0.39, 0.29) is 24.5 Å². The fraction of sp³-hybridized carbons (Fsp3) is 0.333. The minimum atomic E-state index is -4.52. The van der Waals surface area contributed by atoms with Crippen molar-refractivity contribution in [3.63, 3.8) is 0 Å². The summed E-state index contributed by atoms with van der Waals surface area (Å²) in [6.07, 6.45) is -2.90. The van der Waals surface area contributed by atoms with E-state index in [1.165, 1.54) is 12.3 Å². The second-order valence-electron chi connectivity index (χ2n) is 7.18. The summed E-state index contributed by atoms with van der Waals surface area (Å²) in [4.78, 5) is 12.5. The molecule has 1 amide bonds. The zero-order valence-electron chi connectivity index (χ0n) is 16.6. The number of alkyl halides is 3. The molecule has 0 saturated carbocycles. The Morgan fingerprint density at radius 3 is 2.84 bits per heavy atom. The van der Waals surface area contributed by atoms with Crippen LogP contribution in [0.2, 0.25) is 0 Å². The third kappa shape index (κ3) is 4.37. The lowest BCUT2D eigenvalue weighted by Gasteiger charge is -2.32. The number of carbonyl (C=O) groups is 1. The van der Waals surface area contributed by atoms with Crippen LogP contribution in [-0.2, 0) is 6.42 Å². The van der Waals surface area contributed by atoms with Crippen molar-refractivity contribution >= 4 is 11.7 Å².